The van der Waals surface area contributed by atoms with Gasteiger partial charge in [0.05, 0.1) is 6.10 Å². The minimum atomic E-state index is -0.191. The van der Waals surface area contributed by atoms with E-state index in [1.54, 1.807) is 4.90 Å². The molecule has 0 rings (SSSR count). The smallest absolute Gasteiger partial charge is 0.410 e. The molecule has 0 heterocycles. The molecule has 3 nitrogen and oxygen atoms in total. The van der Waals surface area contributed by atoms with Gasteiger partial charge in [0.15, 0.2) is 0 Å². The fourth-order valence-electron chi connectivity index (χ4n) is 1.16. The molecule has 0 radical (unpaired) electrons. The number of nitrogens with zero attached hydrogens (tertiary/aromatic N) is 1. The first-order valence-corrected chi connectivity index (χ1v) is 5.46. The van der Waals surface area contributed by atoms with Gasteiger partial charge in [0.2, 0.25) is 0 Å². The zero-order chi connectivity index (χ0) is 11.1. The molecule has 0 aliphatic heterocycles. The molecule has 0 saturated heterocycles. The Morgan fingerprint density at radius 1 is 1.29 bits per heavy atom. The lowest BCUT2D eigenvalue weighted by Gasteiger charge is -2.26. The van der Waals surface area contributed by atoms with Gasteiger partial charge in [-0.25, -0.2) is 4.79 Å². The quantitative estimate of drug-likeness (QED) is 0.684. The lowest BCUT2D eigenvalue weighted by molar-refractivity contribution is 0.0674. The molecule has 0 spiro atoms. The number of hydrogen-bond donors (Lipinski definition) is 0. The maximum absolute atomic E-state index is 11.6. The molecule has 0 fully saturated rings. The van der Waals surface area contributed by atoms with Crippen molar-refractivity contribution in [3.05, 3.63) is 0 Å². The molecule has 0 bridgehead atoms. The van der Waals surface area contributed by atoms with Gasteiger partial charge in [0.25, 0.3) is 0 Å². The van der Waals surface area contributed by atoms with Gasteiger partial charge in [-0.05, 0) is 34.1 Å². The van der Waals surface area contributed by atoms with Gasteiger partial charge >= 0.3 is 6.09 Å². The van der Waals surface area contributed by atoms with E-state index in [2.05, 4.69) is 6.92 Å². The normalized spacial score (nSPS) is 10.8. The first kappa shape index (κ1) is 13.3. The van der Waals surface area contributed by atoms with Gasteiger partial charge in [-0.3, -0.25) is 0 Å². The summed E-state index contributed by atoms with van der Waals surface area (Å²) in [5, 5.41) is 0. The average Bonchev–Trinajstić information content (AvgIpc) is 2.02. The third-order valence-corrected chi connectivity index (χ3v) is 1.95. The number of hydrogen-bond acceptors (Lipinski definition) is 2. The summed E-state index contributed by atoms with van der Waals surface area (Å²) in [6, 6.07) is 0.216. The molecule has 84 valence electrons. The highest BCUT2D eigenvalue weighted by Crippen LogP contribution is 2.06. The number of ether oxygens (including phenoxy) is 1. The van der Waals surface area contributed by atoms with Crippen LogP contribution in [0, 0.1) is 0 Å². The third kappa shape index (κ3) is 5.10. The summed E-state index contributed by atoms with van der Waals surface area (Å²) >= 11 is 0. The molecule has 3 heteroatoms. The van der Waals surface area contributed by atoms with Crippen LogP contribution in [0.2, 0.25) is 0 Å². The fraction of sp³-hybridized carbons (Fsp3) is 0.909. The molecule has 0 atom stereocenters. The fourth-order valence-corrected chi connectivity index (χ4v) is 1.16. The van der Waals surface area contributed by atoms with Gasteiger partial charge in [-0.15, -0.1) is 0 Å². The summed E-state index contributed by atoms with van der Waals surface area (Å²) in [5.41, 5.74) is 0. The first-order chi connectivity index (χ1) is 6.49. The van der Waals surface area contributed by atoms with E-state index in [1.807, 2.05) is 27.7 Å². The van der Waals surface area contributed by atoms with Gasteiger partial charge in [0, 0.05) is 12.6 Å². The SMILES string of the molecule is CCCCN(C(=O)OC(C)C)C(C)C. The Morgan fingerprint density at radius 2 is 1.86 bits per heavy atom. The van der Waals surface area contributed by atoms with Crippen molar-refractivity contribution < 1.29 is 9.53 Å². The van der Waals surface area contributed by atoms with Crippen LogP contribution in [0.15, 0.2) is 0 Å². The lowest BCUT2D eigenvalue weighted by atomic mass is 10.2. The van der Waals surface area contributed by atoms with Gasteiger partial charge in [-0.1, -0.05) is 13.3 Å². The van der Waals surface area contributed by atoms with Gasteiger partial charge in [0.1, 0.15) is 0 Å². The van der Waals surface area contributed by atoms with Crippen LogP contribution in [0.4, 0.5) is 4.79 Å². The number of unbranched alkanes of at least 4 members (excludes halogenated alkanes) is 1. The van der Waals surface area contributed by atoms with Crippen LogP contribution in [-0.2, 0) is 4.74 Å². The van der Waals surface area contributed by atoms with Crippen LogP contribution in [0.3, 0.4) is 0 Å². The summed E-state index contributed by atoms with van der Waals surface area (Å²) in [4.78, 5) is 13.4. The van der Waals surface area contributed by atoms with Crippen molar-refractivity contribution in [3.63, 3.8) is 0 Å². The van der Waals surface area contributed by atoms with Gasteiger partial charge in [-0.2, -0.15) is 0 Å². The molecule has 0 aromatic heterocycles. The maximum atomic E-state index is 11.6. The number of rotatable bonds is 5. The van der Waals surface area contributed by atoms with Crippen LogP contribution in [0.5, 0.6) is 0 Å². The van der Waals surface area contributed by atoms with E-state index in [0.717, 1.165) is 19.4 Å². The minimum Gasteiger partial charge on any atom is -0.447 e. The average molecular weight is 201 g/mol. The van der Waals surface area contributed by atoms with Crippen molar-refractivity contribution >= 4 is 6.09 Å². The number of carbonyl (C=O) groups excluding carboxylic acids is 1. The topological polar surface area (TPSA) is 29.5 Å². The van der Waals surface area contributed by atoms with E-state index >= 15 is 0 Å². The molecule has 0 aliphatic carbocycles. The number of carbonyl (C=O) groups is 1. The van der Waals surface area contributed by atoms with Crippen molar-refractivity contribution in [2.45, 2.75) is 59.6 Å². The maximum Gasteiger partial charge on any atom is 0.410 e. The number of amides is 1. The minimum absolute atomic E-state index is 0.0367. The molecule has 14 heavy (non-hydrogen) atoms. The molecule has 0 aromatic carbocycles. The van der Waals surface area contributed by atoms with Crippen LogP contribution in [-0.4, -0.2) is 29.7 Å². The van der Waals surface area contributed by atoms with Gasteiger partial charge < -0.3 is 9.64 Å². The predicted octanol–water partition coefficient (Wildman–Crippen LogP) is 3.04. The summed E-state index contributed by atoms with van der Waals surface area (Å²) in [5.74, 6) is 0. The van der Waals surface area contributed by atoms with E-state index in [4.69, 9.17) is 4.74 Å². The predicted molar refractivity (Wildman–Crippen MR) is 58.4 cm³/mol. The summed E-state index contributed by atoms with van der Waals surface area (Å²) in [6.07, 6.45) is 1.90. The molecule has 0 unspecified atom stereocenters. The Morgan fingerprint density at radius 3 is 2.21 bits per heavy atom. The highest BCUT2D eigenvalue weighted by Gasteiger charge is 2.18. The second kappa shape index (κ2) is 6.68. The highest BCUT2D eigenvalue weighted by molar-refractivity contribution is 5.68. The summed E-state index contributed by atoms with van der Waals surface area (Å²) in [7, 11) is 0. The third-order valence-electron chi connectivity index (χ3n) is 1.95. The Balaban J connectivity index is 4.11. The Bertz CT molecular complexity index is 167. The van der Waals surface area contributed by atoms with Crippen molar-refractivity contribution in [2.75, 3.05) is 6.54 Å². The van der Waals surface area contributed by atoms with E-state index < -0.39 is 0 Å². The Labute approximate surface area is 87.4 Å². The Hall–Kier alpha value is -0.730. The van der Waals surface area contributed by atoms with Crippen molar-refractivity contribution in [2.24, 2.45) is 0 Å². The second-order valence-electron chi connectivity index (χ2n) is 4.07. The zero-order valence-corrected chi connectivity index (χ0v) is 10.0. The lowest BCUT2D eigenvalue weighted by Crippen LogP contribution is -2.39. The van der Waals surface area contributed by atoms with E-state index in [9.17, 15) is 4.79 Å². The van der Waals surface area contributed by atoms with Crippen LogP contribution in [0.1, 0.15) is 47.5 Å². The van der Waals surface area contributed by atoms with E-state index in [0.29, 0.717) is 0 Å². The largest absolute Gasteiger partial charge is 0.447 e. The standard InChI is InChI=1S/C11H23NO2/c1-6-7-8-12(9(2)3)11(13)14-10(4)5/h9-10H,6-8H2,1-5H3. The monoisotopic (exact) mass is 201 g/mol. The van der Waals surface area contributed by atoms with Crippen molar-refractivity contribution in [1.29, 1.82) is 0 Å². The molecular weight excluding hydrogens is 178 g/mol. The van der Waals surface area contributed by atoms with Crippen molar-refractivity contribution in [3.8, 4) is 0 Å². The molecule has 0 aromatic rings. The molecule has 1 amide bonds. The molecule has 0 N–H and O–H groups in total. The summed E-state index contributed by atoms with van der Waals surface area (Å²) < 4.78 is 5.16. The molecule has 0 saturated carbocycles. The zero-order valence-electron chi connectivity index (χ0n) is 10.0. The second-order valence-corrected chi connectivity index (χ2v) is 4.07. The highest BCUT2D eigenvalue weighted by atomic mass is 16.6. The first-order valence-electron chi connectivity index (χ1n) is 5.46. The van der Waals surface area contributed by atoms with Crippen LogP contribution < -0.4 is 0 Å². The molecule has 0 aliphatic rings. The Kier molecular flexibility index (Phi) is 6.34. The van der Waals surface area contributed by atoms with Crippen LogP contribution in [0.25, 0.3) is 0 Å². The molecular formula is C11H23NO2. The van der Waals surface area contributed by atoms with Crippen molar-refractivity contribution in [1.82, 2.24) is 4.90 Å². The van der Waals surface area contributed by atoms with Crippen LogP contribution >= 0.6 is 0 Å². The van der Waals surface area contributed by atoms with E-state index in [-0.39, 0.29) is 18.2 Å². The van der Waals surface area contributed by atoms with E-state index in [1.165, 1.54) is 0 Å². The summed E-state index contributed by atoms with van der Waals surface area (Å²) in [6.45, 7) is 10.7.